The maximum atomic E-state index is 13.0. The van der Waals surface area contributed by atoms with Crippen molar-refractivity contribution in [1.82, 2.24) is 5.32 Å². The Labute approximate surface area is 193 Å². The number of carbonyl (C=O) groups is 1. The Morgan fingerprint density at radius 1 is 0.939 bits per heavy atom. The van der Waals surface area contributed by atoms with E-state index in [1.807, 2.05) is 44.2 Å². The summed E-state index contributed by atoms with van der Waals surface area (Å²) in [6.45, 7) is 6.11. The molecule has 4 rings (SSSR count). The topological polar surface area (TPSA) is 93.7 Å². The Bertz CT molecular complexity index is 1300. The quantitative estimate of drug-likeness (QED) is 0.573. The predicted octanol–water partition coefficient (Wildman–Crippen LogP) is 3.98. The van der Waals surface area contributed by atoms with Crippen molar-refractivity contribution in [3.05, 3.63) is 82.9 Å². The molecule has 1 heterocycles. The molecule has 33 heavy (non-hydrogen) atoms. The fourth-order valence-electron chi connectivity index (χ4n) is 3.52. The maximum absolute atomic E-state index is 13.0. The molecular weight excluding hydrogens is 440 g/mol. The first-order valence-corrected chi connectivity index (χ1v) is 12.1. The van der Waals surface area contributed by atoms with Crippen LogP contribution >= 0.6 is 0 Å². The molecule has 0 unspecified atom stereocenters. The van der Waals surface area contributed by atoms with Gasteiger partial charge in [-0.05, 0) is 73.9 Å². The van der Waals surface area contributed by atoms with Crippen LogP contribution in [0.5, 0.6) is 11.5 Å². The largest absolute Gasteiger partial charge is 0.486 e. The predicted molar refractivity (Wildman–Crippen MR) is 127 cm³/mol. The van der Waals surface area contributed by atoms with E-state index >= 15 is 0 Å². The first-order valence-electron chi connectivity index (χ1n) is 10.6. The van der Waals surface area contributed by atoms with Gasteiger partial charge < -0.3 is 14.8 Å². The standard InChI is InChI=1S/C25H26N2O5S/c1-16-9-11-20(12-18(16)3)27-33(29,30)24-13-19(10-8-17(24)2)25(28)26-14-21-15-31-22-6-4-5-7-23(22)32-21/h4-13,21,27H,14-15H2,1-3H3,(H,26,28)/t21-/m0/s1. The lowest BCUT2D eigenvalue weighted by atomic mass is 10.1. The van der Waals surface area contributed by atoms with E-state index in [0.29, 0.717) is 29.4 Å². The van der Waals surface area contributed by atoms with Gasteiger partial charge in [-0.3, -0.25) is 9.52 Å². The van der Waals surface area contributed by atoms with Crippen molar-refractivity contribution >= 4 is 21.6 Å². The number of anilines is 1. The highest BCUT2D eigenvalue weighted by atomic mass is 32.2. The number of hydrogen-bond acceptors (Lipinski definition) is 5. The smallest absolute Gasteiger partial charge is 0.262 e. The summed E-state index contributed by atoms with van der Waals surface area (Å²) in [6.07, 6.45) is -0.344. The Morgan fingerprint density at radius 3 is 2.42 bits per heavy atom. The third kappa shape index (κ3) is 5.12. The molecule has 8 heteroatoms. The van der Waals surface area contributed by atoms with E-state index in [1.54, 1.807) is 31.2 Å². The number of sulfonamides is 1. The highest BCUT2D eigenvalue weighted by Crippen LogP contribution is 2.30. The number of fused-ring (bicyclic) bond motifs is 1. The number of ether oxygens (including phenoxy) is 2. The van der Waals surface area contributed by atoms with Crippen molar-refractivity contribution in [3.8, 4) is 11.5 Å². The molecule has 0 saturated heterocycles. The number of para-hydroxylation sites is 2. The fourth-order valence-corrected chi connectivity index (χ4v) is 4.84. The maximum Gasteiger partial charge on any atom is 0.262 e. The number of aryl methyl sites for hydroxylation is 3. The number of hydrogen-bond donors (Lipinski definition) is 2. The van der Waals surface area contributed by atoms with E-state index in [4.69, 9.17) is 9.47 Å². The Morgan fingerprint density at radius 2 is 1.67 bits per heavy atom. The van der Waals surface area contributed by atoms with E-state index in [2.05, 4.69) is 10.0 Å². The highest BCUT2D eigenvalue weighted by molar-refractivity contribution is 7.92. The molecule has 0 aliphatic carbocycles. The molecule has 1 amide bonds. The van der Waals surface area contributed by atoms with Crippen LogP contribution in [0.15, 0.2) is 65.6 Å². The zero-order valence-electron chi connectivity index (χ0n) is 18.7. The Balaban J connectivity index is 1.46. The summed E-state index contributed by atoms with van der Waals surface area (Å²) in [7, 11) is -3.87. The molecule has 0 radical (unpaired) electrons. The second-order valence-electron chi connectivity index (χ2n) is 8.09. The van der Waals surface area contributed by atoms with Crippen LogP contribution in [0.4, 0.5) is 5.69 Å². The SMILES string of the molecule is Cc1ccc(NS(=O)(=O)c2cc(C(=O)NC[C@H]3COc4ccccc4O3)ccc2C)cc1C. The molecule has 3 aromatic rings. The van der Waals surface area contributed by atoms with Gasteiger partial charge in [0.05, 0.1) is 11.4 Å². The van der Waals surface area contributed by atoms with Gasteiger partial charge in [-0.15, -0.1) is 0 Å². The minimum atomic E-state index is -3.87. The van der Waals surface area contributed by atoms with Crippen molar-refractivity contribution in [2.75, 3.05) is 17.9 Å². The molecule has 3 aromatic carbocycles. The first-order chi connectivity index (χ1) is 15.7. The second kappa shape index (κ2) is 9.15. The molecule has 0 saturated carbocycles. The third-order valence-electron chi connectivity index (χ3n) is 5.56. The number of amides is 1. The second-order valence-corrected chi connectivity index (χ2v) is 9.74. The zero-order valence-corrected chi connectivity index (χ0v) is 19.5. The molecule has 0 aromatic heterocycles. The molecule has 2 N–H and O–H groups in total. The Hall–Kier alpha value is -3.52. The Kier molecular flexibility index (Phi) is 6.29. The summed E-state index contributed by atoms with van der Waals surface area (Å²) in [4.78, 5) is 12.8. The lowest BCUT2D eigenvalue weighted by molar-refractivity contribution is 0.0789. The molecular formula is C25H26N2O5S. The normalized spacial score (nSPS) is 15.1. The monoisotopic (exact) mass is 466 g/mol. The third-order valence-corrected chi connectivity index (χ3v) is 7.08. The van der Waals surface area contributed by atoms with Gasteiger partial charge in [-0.25, -0.2) is 8.42 Å². The van der Waals surface area contributed by atoms with Crippen molar-refractivity contribution in [3.63, 3.8) is 0 Å². The van der Waals surface area contributed by atoms with Crippen LogP contribution < -0.4 is 19.5 Å². The summed E-state index contributed by atoms with van der Waals surface area (Å²) < 4.78 is 40.2. The van der Waals surface area contributed by atoms with E-state index in [0.717, 1.165) is 11.1 Å². The van der Waals surface area contributed by atoms with Gasteiger partial charge >= 0.3 is 0 Å². The summed E-state index contributed by atoms with van der Waals surface area (Å²) in [5, 5.41) is 2.80. The van der Waals surface area contributed by atoms with E-state index in [1.165, 1.54) is 6.07 Å². The van der Waals surface area contributed by atoms with Gasteiger partial charge in [0.2, 0.25) is 0 Å². The fraction of sp³-hybridized carbons (Fsp3) is 0.240. The lowest BCUT2D eigenvalue weighted by Crippen LogP contribution is -2.40. The molecule has 0 spiro atoms. The van der Waals surface area contributed by atoms with Crippen molar-refractivity contribution < 1.29 is 22.7 Å². The van der Waals surface area contributed by atoms with Gasteiger partial charge in [-0.2, -0.15) is 0 Å². The summed E-state index contributed by atoms with van der Waals surface area (Å²) >= 11 is 0. The number of nitrogens with one attached hydrogen (secondary N) is 2. The van der Waals surface area contributed by atoms with Crippen LogP contribution in [0, 0.1) is 20.8 Å². The first kappa shape index (κ1) is 22.7. The molecule has 1 atom stereocenters. The number of benzene rings is 3. The van der Waals surface area contributed by atoms with Crippen LogP contribution in [-0.4, -0.2) is 33.6 Å². The van der Waals surface area contributed by atoms with Gasteiger partial charge in [-0.1, -0.05) is 24.3 Å². The van der Waals surface area contributed by atoms with E-state index in [-0.39, 0.29) is 29.0 Å². The van der Waals surface area contributed by atoms with Gasteiger partial charge in [0, 0.05) is 11.3 Å². The highest BCUT2D eigenvalue weighted by Gasteiger charge is 2.23. The summed E-state index contributed by atoms with van der Waals surface area (Å²) in [6, 6.07) is 17.3. The summed E-state index contributed by atoms with van der Waals surface area (Å²) in [5.74, 6) is 0.911. The van der Waals surface area contributed by atoms with Crippen molar-refractivity contribution in [1.29, 1.82) is 0 Å². The van der Waals surface area contributed by atoms with Crippen LogP contribution in [0.1, 0.15) is 27.0 Å². The van der Waals surface area contributed by atoms with Gasteiger partial charge in [0.25, 0.3) is 15.9 Å². The van der Waals surface area contributed by atoms with E-state index < -0.39 is 10.0 Å². The van der Waals surface area contributed by atoms with E-state index in [9.17, 15) is 13.2 Å². The minimum absolute atomic E-state index is 0.0551. The molecule has 7 nitrogen and oxygen atoms in total. The van der Waals surface area contributed by atoms with Crippen LogP contribution in [0.25, 0.3) is 0 Å². The number of carbonyl (C=O) groups excluding carboxylic acids is 1. The number of rotatable bonds is 6. The molecule has 1 aliphatic heterocycles. The van der Waals surface area contributed by atoms with Crippen molar-refractivity contribution in [2.45, 2.75) is 31.8 Å². The average molecular weight is 467 g/mol. The van der Waals surface area contributed by atoms with Crippen LogP contribution in [0.2, 0.25) is 0 Å². The van der Waals surface area contributed by atoms with Crippen molar-refractivity contribution in [2.24, 2.45) is 0 Å². The minimum Gasteiger partial charge on any atom is -0.486 e. The lowest BCUT2D eigenvalue weighted by Gasteiger charge is -2.26. The van der Waals surface area contributed by atoms with Gasteiger partial charge in [0.15, 0.2) is 11.5 Å². The summed E-state index contributed by atoms with van der Waals surface area (Å²) in [5.41, 5.74) is 3.32. The van der Waals surface area contributed by atoms with Crippen LogP contribution in [0.3, 0.4) is 0 Å². The molecule has 0 bridgehead atoms. The molecule has 0 fully saturated rings. The zero-order chi connectivity index (χ0) is 23.6. The van der Waals surface area contributed by atoms with Gasteiger partial charge in [0.1, 0.15) is 12.7 Å². The average Bonchev–Trinajstić information content (AvgIpc) is 2.79. The molecule has 1 aliphatic rings. The molecule has 172 valence electrons. The van der Waals surface area contributed by atoms with Crippen LogP contribution in [-0.2, 0) is 10.0 Å².